The van der Waals surface area contributed by atoms with Crippen LogP contribution in [0.2, 0.25) is 0 Å². The van der Waals surface area contributed by atoms with E-state index in [9.17, 15) is 4.79 Å². The minimum absolute atomic E-state index is 0.108. The molecule has 3 unspecified atom stereocenters. The number of rotatable bonds is 12. The molecule has 8 atom stereocenters. The van der Waals surface area contributed by atoms with Gasteiger partial charge in [0, 0.05) is 32.4 Å². The first-order valence-electron chi connectivity index (χ1n) is 18.0. The summed E-state index contributed by atoms with van der Waals surface area (Å²) in [5.74, 6) is 2.89. The summed E-state index contributed by atoms with van der Waals surface area (Å²) in [6.07, 6.45) is 19.3. The lowest BCUT2D eigenvalue weighted by Crippen LogP contribution is -2.56. The second-order valence-corrected chi connectivity index (χ2v) is 16.3. The Hall–Kier alpha value is -1.78. The lowest BCUT2D eigenvalue weighted by Gasteiger charge is -2.64. The molecule has 5 aliphatic rings. The van der Waals surface area contributed by atoms with E-state index in [4.69, 9.17) is 4.74 Å². The Morgan fingerprint density at radius 2 is 1.89 bits per heavy atom. The van der Waals surface area contributed by atoms with Crippen LogP contribution in [0.15, 0.2) is 48.1 Å². The Balaban J connectivity index is 1.20. The maximum atomic E-state index is 12.3. The zero-order chi connectivity index (χ0) is 31.9. The molecule has 5 rings (SSSR count). The van der Waals surface area contributed by atoms with Gasteiger partial charge in [0.2, 0.25) is 0 Å². The number of carbonyl (C=O) groups excluding carboxylic acids is 1. The molecule has 0 spiro atoms. The average molecular weight is 604 g/mol. The van der Waals surface area contributed by atoms with E-state index in [1.165, 1.54) is 43.3 Å². The molecule has 0 bridgehead atoms. The third-order valence-electron chi connectivity index (χ3n) is 13.5. The summed E-state index contributed by atoms with van der Waals surface area (Å²) in [7, 11) is 0. The summed E-state index contributed by atoms with van der Waals surface area (Å²) in [5.41, 5.74) is 5.03. The topological polar surface area (TPSA) is 32.5 Å². The average Bonchev–Trinajstić information content (AvgIpc) is 3.51. The van der Waals surface area contributed by atoms with E-state index in [0.29, 0.717) is 40.9 Å². The van der Waals surface area contributed by atoms with Gasteiger partial charge in [-0.1, -0.05) is 57.6 Å². The van der Waals surface area contributed by atoms with Crippen LogP contribution in [0.3, 0.4) is 0 Å². The lowest BCUT2D eigenvalue weighted by molar-refractivity contribution is -0.531. The highest BCUT2D eigenvalue weighted by molar-refractivity contribution is 5.91. The van der Waals surface area contributed by atoms with Crippen LogP contribution in [0.4, 0.5) is 0 Å². The van der Waals surface area contributed by atoms with Gasteiger partial charge in [-0.2, -0.15) is 0 Å². The molecule has 4 heteroatoms. The minimum atomic E-state index is 0.108. The first-order valence-corrected chi connectivity index (χ1v) is 18.0. The predicted molar refractivity (Wildman–Crippen MR) is 184 cm³/mol. The molecule has 0 aromatic heterocycles. The molecule has 0 aromatic carbocycles. The Kier molecular flexibility index (Phi) is 10.0. The van der Waals surface area contributed by atoms with Crippen molar-refractivity contribution in [2.24, 2.45) is 39.9 Å². The summed E-state index contributed by atoms with van der Waals surface area (Å²) < 4.78 is 8.69. The van der Waals surface area contributed by atoms with E-state index in [-0.39, 0.29) is 17.1 Å². The van der Waals surface area contributed by atoms with Crippen LogP contribution in [-0.2, 0) is 9.53 Å². The van der Waals surface area contributed by atoms with Crippen molar-refractivity contribution in [3.8, 4) is 0 Å². The highest BCUT2D eigenvalue weighted by Crippen LogP contribution is 2.72. The lowest BCUT2D eigenvalue weighted by atomic mass is 9.40. The summed E-state index contributed by atoms with van der Waals surface area (Å²) in [6, 6.07) is 0.399. The number of fused-ring (bicyclic) bond motifs is 5. The maximum Gasteiger partial charge on any atom is 0.174 e. The molecule has 1 heterocycles. The molecule has 244 valence electrons. The van der Waals surface area contributed by atoms with Crippen molar-refractivity contribution in [3.63, 3.8) is 0 Å². The molecule has 0 aromatic rings. The van der Waals surface area contributed by atoms with Gasteiger partial charge < -0.3 is 4.74 Å². The van der Waals surface area contributed by atoms with E-state index in [1.54, 1.807) is 5.57 Å². The Bertz CT molecular complexity index is 1180. The molecule has 4 aliphatic carbocycles. The number of ketones is 1. The smallest absolute Gasteiger partial charge is 0.174 e. The van der Waals surface area contributed by atoms with Gasteiger partial charge in [-0.25, -0.2) is 4.58 Å². The van der Waals surface area contributed by atoms with Crippen LogP contribution in [-0.4, -0.2) is 60.5 Å². The van der Waals surface area contributed by atoms with Crippen molar-refractivity contribution in [3.05, 3.63) is 48.1 Å². The van der Waals surface area contributed by atoms with E-state index >= 15 is 0 Å². The van der Waals surface area contributed by atoms with E-state index in [0.717, 1.165) is 64.8 Å². The summed E-state index contributed by atoms with van der Waals surface area (Å²) in [6.45, 7) is 31.3. The van der Waals surface area contributed by atoms with Gasteiger partial charge >= 0.3 is 0 Å². The van der Waals surface area contributed by atoms with Gasteiger partial charge in [-0.05, 0) is 117 Å². The summed E-state index contributed by atoms with van der Waals surface area (Å²) >= 11 is 0. The fourth-order valence-electron chi connectivity index (χ4n) is 11.1. The number of nitrogens with zero attached hydrogens (tertiary/aromatic N) is 2. The van der Waals surface area contributed by atoms with Crippen LogP contribution in [0.25, 0.3) is 0 Å². The second-order valence-electron chi connectivity index (χ2n) is 16.3. The molecular weight excluding hydrogens is 540 g/mol. The van der Waals surface area contributed by atoms with Crippen LogP contribution in [0, 0.1) is 39.9 Å². The summed E-state index contributed by atoms with van der Waals surface area (Å²) in [4.78, 5) is 14.8. The molecule has 44 heavy (non-hydrogen) atoms. The highest BCUT2D eigenvalue weighted by atomic mass is 16.5. The van der Waals surface area contributed by atoms with Gasteiger partial charge in [0.05, 0.1) is 6.61 Å². The number of hydrogen-bond acceptors (Lipinski definition) is 3. The van der Waals surface area contributed by atoms with Crippen LogP contribution in [0.1, 0.15) is 112 Å². The van der Waals surface area contributed by atoms with Crippen LogP contribution < -0.4 is 0 Å². The van der Waals surface area contributed by atoms with E-state index in [2.05, 4.69) is 83.0 Å². The van der Waals surface area contributed by atoms with E-state index in [1.807, 2.05) is 6.08 Å². The molecule has 4 nitrogen and oxygen atoms in total. The zero-order valence-corrected chi connectivity index (χ0v) is 29.1. The largest absolute Gasteiger partial charge is 0.363 e. The van der Waals surface area contributed by atoms with Crippen molar-refractivity contribution >= 4 is 12.5 Å². The quantitative estimate of drug-likeness (QED) is 0.0967. The Morgan fingerprint density at radius 1 is 1.11 bits per heavy atom. The van der Waals surface area contributed by atoms with Crippen LogP contribution in [0.5, 0.6) is 0 Å². The van der Waals surface area contributed by atoms with Gasteiger partial charge in [-0.3, -0.25) is 9.69 Å². The molecule has 4 fully saturated rings. The third-order valence-corrected chi connectivity index (χ3v) is 13.5. The molecule has 1 saturated heterocycles. The van der Waals surface area contributed by atoms with Crippen molar-refractivity contribution in [1.82, 2.24) is 4.90 Å². The number of allylic oxidation sites excluding steroid dienone is 3. The first kappa shape index (κ1) is 33.6. The molecule has 0 radical (unpaired) electrons. The fourth-order valence-corrected chi connectivity index (χ4v) is 11.1. The molecule has 0 N–H and O–H groups in total. The molecule has 1 aliphatic heterocycles. The van der Waals surface area contributed by atoms with Gasteiger partial charge in [-0.15, -0.1) is 6.58 Å². The van der Waals surface area contributed by atoms with Crippen LogP contribution >= 0.6 is 0 Å². The van der Waals surface area contributed by atoms with Gasteiger partial charge in [0.25, 0.3) is 0 Å². The molecule has 3 saturated carbocycles. The highest BCUT2D eigenvalue weighted by Gasteiger charge is 2.64. The second kappa shape index (κ2) is 13.1. The Morgan fingerprint density at radius 3 is 2.57 bits per heavy atom. The Labute approximate surface area is 269 Å². The SMILES string of the molecule is C=CC12CCC3=CC(=O)CC[C@]3(C)[C@H]1CC[C@]1(C)[C@@H](/C(C)=C/CCOC(C)N(CCC3C(=C)CC[N+]3=C)CC(C)C)CC[C@@H]21. The fraction of sp³-hybridized carbons (Fsp3) is 0.750. The van der Waals surface area contributed by atoms with Crippen molar-refractivity contribution in [1.29, 1.82) is 0 Å². The monoisotopic (exact) mass is 603 g/mol. The predicted octanol–water partition coefficient (Wildman–Crippen LogP) is 8.78. The zero-order valence-electron chi connectivity index (χ0n) is 29.1. The van der Waals surface area contributed by atoms with Crippen molar-refractivity contribution < 1.29 is 14.1 Å². The van der Waals surface area contributed by atoms with E-state index < -0.39 is 0 Å². The third kappa shape index (κ3) is 6.04. The maximum absolute atomic E-state index is 12.3. The normalized spacial score (nSPS) is 38.0. The van der Waals surface area contributed by atoms with Gasteiger partial charge in [0.1, 0.15) is 19.5 Å². The number of hydrogen-bond donors (Lipinski definition) is 0. The van der Waals surface area contributed by atoms with Crippen molar-refractivity contribution in [2.45, 2.75) is 124 Å². The summed E-state index contributed by atoms with van der Waals surface area (Å²) in [5, 5.41) is 0. The first-order chi connectivity index (χ1) is 20.9. The standard InChI is InChI=1S/C40H63N2O2/c1-10-40-22-15-32-26-33(43)16-20-38(32,7)37(40)17-21-39(8)34(13-14-36(39)40)29(4)12-11-25-44-31(6)42(27-28(2)3)24-19-35-30(5)18-23-41(35)9/h10,12,26,28,31,34-37H,1,5,9,11,13-25,27H2,2-4,6-8H3/q+1/b29-12+/t31?,34-,35?,36-,37-,38+,39-,40?/m1/s1. The number of carbonyl (C=O) groups is 1. The minimum Gasteiger partial charge on any atom is -0.363 e. The number of ether oxygens (including phenoxy) is 1. The van der Waals surface area contributed by atoms with Gasteiger partial charge in [0.15, 0.2) is 11.8 Å². The molecular formula is C40H63N2O2+. The molecule has 0 amide bonds. The van der Waals surface area contributed by atoms with Crippen molar-refractivity contribution in [2.75, 3.05) is 26.2 Å².